The van der Waals surface area contributed by atoms with Crippen molar-refractivity contribution in [2.24, 2.45) is 5.92 Å². The van der Waals surface area contributed by atoms with Gasteiger partial charge in [0.25, 0.3) is 0 Å². The molecule has 0 radical (unpaired) electrons. The van der Waals surface area contributed by atoms with Crippen LogP contribution >= 0.6 is 74.7 Å². The Kier molecular flexibility index (Phi) is 15.4. The number of thiocarbonyl (C=S) groups is 1. The zero-order chi connectivity index (χ0) is 24.1. The molecular weight excluding hydrogens is 589 g/mol. The third-order valence-corrected chi connectivity index (χ3v) is 7.09. The summed E-state index contributed by atoms with van der Waals surface area (Å²) >= 11 is 26.6. The number of alkyl halides is 4. The zero-order valence-corrected chi connectivity index (χ0v) is 23.5. The van der Waals surface area contributed by atoms with E-state index in [1.54, 1.807) is 6.07 Å². The van der Waals surface area contributed by atoms with Gasteiger partial charge in [-0.3, -0.25) is 0 Å². The third kappa shape index (κ3) is 11.7. The minimum atomic E-state index is -3.78. The third-order valence-electron chi connectivity index (χ3n) is 4.50. The molecule has 0 aromatic heterocycles. The van der Waals surface area contributed by atoms with Gasteiger partial charge in [-0.25, -0.2) is 0 Å². The van der Waals surface area contributed by atoms with Crippen LogP contribution in [0.25, 0.3) is 0 Å². The van der Waals surface area contributed by atoms with Crippen molar-refractivity contribution in [2.45, 2.75) is 61.8 Å². The molecule has 0 aliphatic rings. The Morgan fingerprint density at radius 2 is 1.94 bits per heavy atom. The number of halogens is 6. The van der Waals surface area contributed by atoms with Gasteiger partial charge in [-0.15, -0.1) is 11.8 Å². The van der Waals surface area contributed by atoms with Crippen LogP contribution < -0.4 is 4.74 Å². The summed E-state index contributed by atoms with van der Waals surface area (Å²) in [7, 11) is 0. The first kappa shape index (κ1) is 30.5. The Balaban J connectivity index is 2.51. The van der Waals surface area contributed by atoms with Crippen molar-refractivity contribution in [3.8, 4) is 5.75 Å². The molecule has 1 atom stereocenters. The molecule has 0 N–H and O–H groups in total. The molecule has 0 saturated carbocycles. The number of benzene rings is 1. The van der Waals surface area contributed by atoms with E-state index in [2.05, 4.69) is 22.9 Å². The van der Waals surface area contributed by atoms with Crippen LogP contribution in [-0.4, -0.2) is 41.6 Å². The first-order valence-corrected chi connectivity index (χ1v) is 13.7. The quantitative estimate of drug-likeness (QED) is 0.0800. The van der Waals surface area contributed by atoms with Crippen LogP contribution in [0.1, 0.15) is 46.0 Å². The first-order chi connectivity index (χ1) is 15.1. The summed E-state index contributed by atoms with van der Waals surface area (Å²) in [6.07, 6.45) is 0.857. The van der Waals surface area contributed by atoms with E-state index < -0.39 is 10.9 Å². The molecule has 0 bridgehead atoms. The lowest BCUT2D eigenvalue weighted by molar-refractivity contribution is -0.164. The van der Waals surface area contributed by atoms with Crippen LogP contribution in [0.15, 0.2) is 21.5 Å². The van der Waals surface area contributed by atoms with Crippen LogP contribution in [0.4, 0.5) is 8.78 Å². The maximum atomic E-state index is 13.9. The molecule has 1 unspecified atom stereocenters. The molecule has 1 aromatic carbocycles. The average molecular weight is 617 g/mol. The second kappa shape index (κ2) is 16.2. The van der Waals surface area contributed by atoms with Gasteiger partial charge in [-0.1, -0.05) is 64.1 Å². The van der Waals surface area contributed by atoms with Crippen LogP contribution in [0.2, 0.25) is 5.02 Å². The van der Waals surface area contributed by atoms with Gasteiger partial charge in [0.05, 0.1) is 16.5 Å². The van der Waals surface area contributed by atoms with Crippen molar-refractivity contribution < 1.29 is 23.0 Å². The summed E-state index contributed by atoms with van der Waals surface area (Å²) in [5.74, 6) is 0.899. The van der Waals surface area contributed by atoms with Crippen molar-refractivity contribution >= 4 is 79.8 Å². The predicted octanol–water partition coefficient (Wildman–Crippen LogP) is 8.94. The van der Waals surface area contributed by atoms with E-state index in [0.29, 0.717) is 39.1 Å². The first-order valence-electron chi connectivity index (χ1n) is 10.3. The number of ether oxygens (including phenoxy) is 3. The Morgan fingerprint density at radius 3 is 2.56 bits per heavy atom. The van der Waals surface area contributed by atoms with Crippen molar-refractivity contribution in [1.29, 1.82) is 0 Å². The highest BCUT2D eigenvalue weighted by molar-refractivity contribution is 9.10. The van der Waals surface area contributed by atoms with Crippen molar-refractivity contribution in [2.75, 3.05) is 25.6 Å². The van der Waals surface area contributed by atoms with Crippen LogP contribution in [0.3, 0.4) is 0 Å². The number of rotatable bonds is 16. The normalized spacial score (nSPS) is 12.8. The van der Waals surface area contributed by atoms with Crippen molar-refractivity contribution in [3.63, 3.8) is 0 Å². The molecule has 0 heterocycles. The summed E-state index contributed by atoms with van der Waals surface area (Å²) in [5, 5.41) is 0.501. The second-order valence-corrected chi connectivity index (χ2v) is 10.9. The smallest absolute Gasteiger partial charge is 0.428 e. The van der Waals surface area contributed by atoms with Gasteiger partial charge in [-0.2, -0.15) is 8.78 Å². The average Bonchev–Trinajstić information content (AvgIpc) is 2.72. The zero-order valence-electron chi connectivity index (χ0n) is 18.0. The maximum absolute atomic E-state index is 13.9. The fourth-order valence-corrected chi connectivity index (χ4v) is 5.21. The van der Waals surface area contributed by atoms with E-state index in [1.807, 2.05) is 6.92 Å². The Hall–Kier alpha value is 0.430. The standard InChI is InChI=1S/C21H28BrCl3F2O3S2/c1-3-14(6-5-9-28-4-2)7-10-29-18(31)8-11-32-17-13-15(22)12-16(23)19(17)30-21(26,27)20(24)25/h12-14,20H,3-11H2,1-2H3. The number of thioether (sulfide) groups is 1. The van der Waals surface area contributed by atoms with Crippen molar-refractivity contribution in [3.05, 3.63) is 21.6 Å². The molecule has 0 aliphatic carbocycles. The minimum absolute atomic E-state index is 0.0179. The molecule has 0 saturated heterocycles. The van der Waals surface area contributed by atoms with Crippen LogP contribution in [0.5, 0.6) is 5.75 Å². The Labute approximate surface area is 222 Å². The van der Waals surface area contributed by atoms with Gasteiger partial charge >= 0.3 is 6.11 Å². The molecule has 0 amide bonds. The summed E-state index contributed by atoms with van der Waals surface area (Å²) in [6, 6.07) is 3.10. The van der Waals surface area contributed by atoms with Gasteiger partial charge < -0.3 is 14.2 Å². The van der Waals surface area contributed by atoms with Crippen LogP contribution in [-0.2, 0) is 9.47 Å². The summed E-state index contributed by atoms with van der Waals surface area (Å²) in [4.78, 5) is -1.62. The molecule has 1 rings (SSSR count). The molecule has 32 heavy (non-hydrogen) atoms. The lowest BCUT2D eigenvalue weighted by atomic mass is 9.97. The Bertz CT molecular complexity index is 715. The second-order valence-electron chi connectivity index (χ2n) is 6.90. The summed E-state index contributed by atoms with van der Waals surface area (Å²) in [6.45, 7) is 6.26. The van der Waals surface area contributed by atoms with Gasteiger partial charge in [-0.05, 0) is 56.5 Å². The fraction of sp³-hybridized carbons (Fsp3) is 0.667. The topological polar surface area (TPSA) is 27.7 Å². The van der Waals surface area contributed by atoms with E-state index in [1.165, 1.54) is 17.8 Å². The number of hydrogen-bond donors (Lipinski definition) is 0. The fourth-order valence-electron chi connectivity index (χ4n) is 2.75. The molecule has 0 spiro atoms. The molecule has 3 nitrogen and oxygen atoms in total. The lowest BCUT2D eigenvalue weighted by Gasteiger charge is -2.21. The highest BCUT2D eigenvalue weighted by atomic mass is 79.9. The monoisotopic (exact) mass is 614 g/mol. The van der Waals surface area contributed by atoms with E-state index in [4.69, 9.17) is 61.2 Å². The SMILES string of the molecule is CCOCCCC(CC)CCOC(=S)CCSc1cc(Br)cc(Cl)c1OC(F)(F)C(Cl)Cl. The van der Waals surface area contributed by atoms with Gasteiger partial charge in [0.15, 0.2) is 10.8 Å². The summed E-state index contributed by atoms with van der Waals surface area (Å²) in [5.41, 5.74) is 0. The van der Waals surface area contributed by atoms with Gasteiger partial charge in [0.2, 0.25) is 4.84 Å². The minimum Gasteiger partial charge on any atom is -0.487 e. The van der Waals surface area contributed by atoms with E-state index in [9.17, 15) is 8.78 Å². The molecule has 0 fully saturated rings. The van der Waals surface area contributed by atoms with Crippen molar-refractivity contribution in [1.82, 2.24) is 0 Å². The highest BCUT2D eigenvalue weighted by Gasteiger charge is 2.41. The Morgan fingerprint density at radius 1 is 1.22 bits per heavy atom. The van der Waals surface area contributed by atoms with E-state index in [-0.39, 0.29) is 10.8 Å². The lowest BCUT2D eigenvalue weighted by Crippen LogP contribution is -2.32. The largest absolute Gasteiger partial charge is 0.487 e. The predicted molar refractivity (Wildman–Crippen MR) is 138 cm³/mol. The molecular formula is C21H28BrCl3F2O3S2. The molecule has 184 valence electrons. The summed E-state index contributed by atoms with van der Waals surface area (Å²) < 4.78 is 44.2. The van der Waals surface area contributed by atoms with E-state index >= 15 is 0 Å². The highest BCUT2D eigenvalue weighted by Crippen LogP contribution is 2.42. The molecule has 0 aliphatic heterocycles. The number of hydrogen-bond acceptors (Lipinski definition) is 5. The molecule has 11 heteroatoms. The maximum Gasteiger partial charge on any atom is 0.428 e. The van der Waals surface area contributed by atoms with Gasteiger partial charge in [0.1, 0.15) is 0 Å². The van der Waals surface area contributed by atoms with E-state index in [0.717, 1.165) is 38.9 Å². The molecule has 1 aromatic rings. The van der Waals surface area contributed by atoms with Gasteiger partial charge in [0, 0.05) is 29.9 Å². The van der Waals surface area contributed by atoms with Crippen LogP contribution in [0, 0.1) is 5.92 Å².